The molecule has 47 heavy (non-hydrogen) atoms. The Bertz CT molecular complexity index is 2180. The molecule has 3 aromatic heterocycles. The summed E-state index contributed by atoms with van der Waals surface area (Å²) in [5.74, 6) is 3.10. The van der Waals surface area contributed by atoms with Crippen LogP contribution < -0.4 is 4.74 Å². The van der Waals surface area contributed by atoms with Crippen molar-refractivity contribution >= 4 is 21.8 Å². The molecule has 0 radical (unpaired) electrons. The molecule has 0 N–H and O–H groups in total. The number of fused-ring (bicyclic) bond motifs is 3. The minimum absolute atomic E-state index is 0. The quantitative estimate of drug-likeness (QED) is 0.137. The molecule has 238 valence electrons. The van der Waals surface area contributed by atoms with Gasteiger partial charge in [-0.05, 0) is 76.7 Å². The maximum Gasteiger partial charge on any atom is 2.00 e. The van der Waals surface area contributed by atoms with Crippen molar-refractivity contribution in [3.05, 3.63) is 132 Å². The van der Waals surface area contributed by atoms with E-state index in [1.165, 1.54) is 22.3 Å². The number of ether oxygens (including phenoxy) is 1. The molecule has 0 spiro atoms. The summed E-state index contributed by atoms with van der Waals surface area (Å²) in [6.45, 7) is 11.1. The van der Waals surface area contributed by atoms with Gasteiger partial charge in [0.15, 0.2) is 0 Å². The van der Waals surface area contributed by atoms with Crippen molar-refractivity contribution in [1.29, 1.82) is 0 Å². The summed E-state index contributed by atoms with van der Waals surface area (Å²) >= 11 is 0. The molecule has 1 atom stereocenters. The van der Waals surface area contributed by atoms with E-state index in [1.807, 2.05) is 41.3 Å². The first-order valence-corrected chi connectivity index (χ1v) is 16.2. The monoisotopic (exact) mass is 797 g/mol. The molecule has 6 heteroatoms. The van der Waals surface area contributed by atoms with E-state index >= 15 is 0 Å². The number of nitrogens with zero attached hydrogens (tertiary/aromatic N) is 4. The molecule has 7 aromatic rings. The van der Waals surface area contributed by atoms with Gasteiger partial charge in [0.05, 0.1) is 6.20 Å². The average molecular weight is 798 g/mol. The Morgan fingerprint density at radius 2 is 1.66 bits per heavy atom. The van der Waals surface area contributed by atoms with Gasteiger partial charge in [0.2, 0.25) is 0 Å². The minimum Gasteiger partial charge on any atom is -0.509 e. The summed E-state index contributed by atoms with van der Waals surface area (Å²) in [6.07, 6.45) is 8.13. The first kappa shape index (κ1) is 32.5. The Morgan fingerprint density at radius 3 is 2.49 bits per heavy atom. The molecular weight excluding hydrogens is 760 g/mol. The summed E-state index contributed by atoms with van der Waals surface area (Å²) in [5.41, 5.74) is 9.07. The van der Waals surface area contributed by atoms with E-state index in [1.54, 1.807) is 0 Å². The van der Waals surface area contributed by atoms with E-state index in [9.17, 15) is 0 Å². The van der Waals surface area contributed by atoms with Crippen LogP contribution in [-0.2, 0) is 27.5 Å². The van der Waals surface area contributed by atoms with Gasteiger partial charge in [0, 0.05) is 35.0 Å². The predicted octanol–water partition coefficient (Wildman–Crippen LogP) is 10.4. The molecular formula is C41H38N4OPt. The van der Waals surface area contributed by atoms with E-state index in [4.69, 9.17) is 14.8 Å². The molecule has 0 saturated carbocycles. The van der Waals surface area contributed by atoms with Crippen LogP contribution in [0.15, 0.2) is 104 Å². The summed E-state index contributed by atoms with van der Waals surface area (Å²) < 4.78 is 10.4. The second-order valence-electron chi connectivity index (χ2n) is 12.5. The number of para-hydroxylation sites is 1. The molecule has 0 amide bonds. The SMILES string of the molecule is CCC(C)Cc1cccc(C)c1-c1cnn(-c2[c-]c(Oc3[c-]c4c(cc3)c3ccccc3n4-c3cc(C(C)C)ccn3)ccc2)c1.[Pt+2]. The first-order valence-electron chi connectivity index (χ1n) is 16.2. The predicted molar refractivity (Wildman–Crippen MR) is 187 cm³/mol. The molecule has 0 bridgehead atoms. The van der Waals surface area contributed by atoms with Crippen LogP contribution in [-0.4, -0.2) is 19.3 Å². The van der Waals surface area contributed by atoms with Crippen molar-refractivity contribution in [1.82, 2.24) is 19.3 Å². The van der Waals surface area contributed by atoms with E-state index in [0.717, 1.165) is 51.7 Å². The summed E-state index contributed by atoms with van der Waals surface area (Å²) in [5, 5.41) is 6.99. The van der Waals surface area contributed by atoms with Crippen LogP contribution in [0, 0.1) is 25.0 Å². The average Bonchev–Trinajstić information content (AvgIpc) is 3.68. The zero-order valence-corrected chi connectivity index (χ0v) is 29.7. The van der Waals surface area contributed by atoms with Gasteiger partial charge in [0.1, 0.15) is 5.82 Å². The summed E-state index contributed by atoms with van der Waals surface area (Å²) in [6, 6.07) is 36.2. The minimum atomic E-state index is 0. The van der Waals surface area contributed by atoms with E-state index in [-0.39, 0.29) is 21.1 Å². The van der Waals surface area contributed by atoms with Crippen LogP contribution >= 0.6 is 0 Å². The van der Waals surface area contributed by atoms with Crippen molar-refractivity contribution in [2.24, 2.45) is 5.92 Å². The van der Waals surface area contributed by atoms with Crippen molar-refractivity contribution in [3.63, 3.8) is 0 Å². The van der Waals surface area contributed by atoms with Crippen LogP contribution in [0.1, 0.15) is 56.7 Å². The summed E-state index contributed by atoms with van der Waals surface area (Å²) in [7, 11) is 0. The second kappa shape index (κ2) is 13.7. The number of hydrogen-bond acceptors (Lipinski definition) is 3. The Kier molecular flexibility index (Phi) is 9.47. The maximum atomic E-state index is 6.40. The van der Waals surface area contributed by atoms with Crippen molar-refractivity contribution in [3.8, 4) is 34.1 Å². The molecule has 0 saturated heterocycles. The van der Waals surface area contributed by atoms with Gasteiger partial charge >= 0.3 is 21.1 Å². The normalized spacial score (nSPS) is 12.0. The third-order valence-corrected chi connectivity index (χ3v) is 8.94. The van der Waals surface area contributed by atoms with Crippen LogP contribution in [0.5, 0.6) is 11.5 Å². The third-order valence-electron chi connectivity index (χ3n) is 8.94. The molecule has 4 aromatic carbocycles. The van der Waals surface area contributed by atoms with Crippen LogP contribution in [0.3, 0.4) is 0 Å². The fourth-order valence-electron chi connectivity index (χ4n) is 6.25. The van der Waals surface area contributed by atoms with E-state index in [2.05, 4.69) is 118 Å². The van der Waals surface area contributed by atoms with Gasteiger partial charge in [-0.1, -0.05) is 76.0 Å². The number of hydrogen-bond donors (Lipinski definition) is 0. The van der Waals surface area contributed by atoms with Gasteiger partial charge in [-0.3, -0.25) is 4.68 Å². The fourth-order valence-corrected chi connectivity index (χ4v) is 6.25. The van der Waals surface area contributed by atoms with Gasteiger partial charge in [-0.15, -0.1) is 35.7 Å². The van der Waals surface area contributed by atoms with E-state index < -0.39 is 0 Å². The number of aryl methyl sites for hydroxylation is 1. The maximum absolute atomic E-state index is 6.40. The molecule has 7 rings (SSSR count). The van der Waals surface area contributed by atoms with Crippen molar-refractivity contribution in [2.45, 2.75) is 53.4 Å². The van der Waals surface area contributed by atoms with Gasteiger partial charge in [0.25, 0.3) is 0 Å². The van der Waals surface area contributed by atoms with Crippen LogP contribution in [0.25, 0.3) is 44.4 Å². The standard InChI is InChI=1S/C41H38N4O.Pt/c1-6-28(4)21-31-12-9-11-29(5)41(31)32-25-43-44(26-32)33-13-10-14-34(23-33)46-35-17-18-37-36-15-7-8-16-38(36)45(39(37)24-35)40-22-30(27(2)3)19-20-42-40;/h7-20,22,25-28H,6,21H2,1-5H3;/q-2;+2. The second-order valence-corrected chi connectivity index (χ2v) is 12.5. The molecule has 1 unspecified atom stereocenters. The van der Waals surface area contributed by atoms with Gasteiger partial charge in [-0.2, -0.15) is 17.2 Å². The van der Waals surface area contributed by atoms with Crippen LogP contribution in [0.2, 0.25) is 0 Å². The molecule has 0 aliphatic heterocycles. The Balaban J connectivity index is 0.00000386. The zero-order valence-electron chi connectivity index (χ0n) is 27.4. The van der Waals surface area contributed by atoms with Crippen molar-refractivity contribution < 1.29 is 25.8 Å². The third kappa shape index (κ3) is 6.42. The smallest absolute Gasteiger partial charge is 0.509 e. The molecule has 0 aliphatic rings. The largest absolute Gasteiger partial charge is 2.00 e. The Labute approximate surface area is 291 Å². The van der Waals surface area contributed by atoms with Crippen LogP contribution in [0.4, 0.5) is 0 Å². The van der Waals surface area contributed by atoms with E-state index in [0.29, 0.717) is 23.3 Å². The Hall–Kier alpha value is -4.47. The van der Waals surface area contributed by atoms with Gasteiger partial charge < -0.3 is 9.30 Å². The topological polar surface area (TPSA) is 44.9 Å². The molecule has 3 heterocycles. The number of rotatable bonds is 9. The van der Waals surface area contributed by atoms with Gasteiger partial charge in [-0.25, -0.2) is 4.98 Å². The number of pyridine rings is 1. The fraction of sp³-hybridized carbons (Fsp3) is 0.220. The number of aromatic nitrogens is 4. The molecule has 5 nitrogen and oxygen atoms in total. The Morgan fingerprint density at radius 1 is 0.851 bits per heavy atom. The van der Waals surface area contributed by atoms with Crippen molar-refractivity contribution in [2.75, 3.05) is 0 Å². The summed E-state index contributed by atoms with van der Waals surface area (Å²) in [4.78, 5) is 4.76. The first-order chi connectivity index (χ1) is 22.4. The molecule has 0 fully saturated rings. The molecule has 0 aliphatic carbocycles. The zero-order chi connectivity index (χ0) is 31.8. The number of benzene rings is 4.